The number of aliphatic hydroxyl groups is 1. The fraction of sp³-hybridized carbons (Fsp3) is 0.200. The Balaban J connectivity index is 1.81. The first kappa shape index (κ1) is 18.5. The third-order valence-corrected chi connectivity index (χ3v) is 3.44. The Morgan fingerprint density at radius 2 is 1.74 bits per heavy atom. The maximum atomic E-state index is 12.2. The highest BCUT2D eigenvalue weighted by atomic mass is 16.6. The second-order valence-electron chi connectivity index (χ2n) is 6.54. The molecule has 2 N–H and O–H groups in total. The molecule has 0 bridgehead atoms. The van der Waals surface area contributed by atoms with E-state index < -0.39 is 11.7 Å². The number of carbonyl (C=O) groups excluding carboxylic acids is 1. The number of nitrogens with one attached hydrogen (secondary N) is 1. The number of carbonyl (C=O) groups is 1. The summed E-state index contributed by atoms with van der Waals surface area (Å²) in [7, 11) is 0. The van der Waals surface area contributed by atoms with Gasteiger partial charge in [-0.3, -0.25) is 5.32 Å². The smallest absolute Gasteiger partial charge is 0.418 e. The lowest BCUT2D eigenvalue weighted by atomic mass is 10.2. The van der Waals surface area contributed by atoms with Crippen LogP contribution in [0.15, 0.2) is 66.7 Å². The van der Waals surface area contributed by atoms with Gasteiger partial charge in [0.15, 0.2) is 0 Å². The average Bonchev–Trinajstić information content (AvgIpc) is 3.04. The van der Waals surface area contributed by atoms with E-state index in [1.807, 2.05) is 36.4 Å². The highest BCUT2D eigenvalue weighted by Crippen LogP contribution is 2.23. The number of hydrogen-bond acceptors (Lipinski definition) is 5. The van der Waals surface area contributed by atoms with Crippen LogP contribution in [0.5, 0.6) is 11.6 Å². The van der Waals surface area contributed by atoms with E-state index in [4.69, 9.17) is 9.47 Å². The number of hydrogen-bond donors (Lipinski definition) is 2. The topological polar surface area (TPSA) is 85.6 Å². The van der Waals surface area contributed by atoms with Crippen LogP contribution in [0.1, 0.15) is 13.8 Å². The summed E-state index contributed by atoms with van der Waals surface area (Å²) in [4.78, 5) is 12.2. The van der Waals surface area contributed by atoms with Crippen molar-refractivity contribution in [3.05, 3.63) is 66.7 Å². The van der Waals surface area contributed by atoms with Crippen molar-refractivity contribution >= 4 is 11.9 Å². The number of benzene rings is 2. The maximum Gasteiger partial charge on any atom is 0.418 e. The first-order chi connectivity index (χ1) is 12.9. The van der Waals surface area contributed by atoms with Crippen LogP contribution >= 0.6 is 0 Å². The van der Waals surface area contributed by atoms with Crippen molar-refractivity contribution in [3.8, 4) is 17.3 Å². The molecule has 7 heteroatoms. The van der Waals surface area contributed by atoms with Crippen LogP contribution in [0.2, 0.25) is 0 Å². The third kappa shape index (κ3) is 5.32. The van der Waals surface area contributed by atoms with Gasteiger partial charge in [-0.2, -0.15) is 0 Å². The summed E-state index contributed by atoms with van der Waals surface area (Å²) in [5, 5.41) is 16.9. The molecular formula is C20H21N3O4. The standard InChI is InChI=1S/C20H21N3O4/c1-20(2,25)14-26-18-13-17(23(22-18)15-9-5-3-6-10-15)21-19(24)27-16-11-7-4-8-12-16/h3-13,25H,14H2,1-2H3,(H,21,24). The molecule has 0 saturated heterocycles. The lowest BCUT2D eigenvalue weighted by Gasteiger charge is -2.16. The molecule has 140 valence electrons. The third-order valence-electron chi connectivity index (χ3n) is 3.44. The Morgan fingerprint density at radius 3 is 2.37 bits per heavy atom. The molecule has 3 rings (SSSR count). The van der Waals surface area contributed by atoms with E-state index in [9.17, 15) is 9.90 Å². The lowest BCUT2D eigenvalue weighted by Crippen LogP contribution is -2.28. The fourth-order valence-electron chi connectivity index (χ4n) is 2.26. The van der Waals surface area contributed by atoms with Gasteiger partial charge in [0.25, 0.3) is 0 Å². The molecule has 0 aliphatic rings. The first-order valence-electron chi connectivity index (χ1n) is 8.45. The lowest BCUT2D eigenvalue weighted by molar-refractivity contribution is 0.0267. The van der Waals surface area contributed by atoms with Gasteiger partial charge in [0, 0.05) is 6.07 Å². The summed E-state index contributed by atoms with van der Waals surface area (Å²) < 4.78 is 12.3. The van der Waals surface area contributed by atoms with Crippen LogP contribution in [0, 0.1) is 0 Å². The summed E-state index contributed by atoms with van der Waals surface area (Å²) in [6.07, 6.45) is -0.646. The van der Waals surface area contributed by atoms with Gasteiger partial charge in [0.1, 0.15) is 18.2 Å². The van der Waals surface area contributed by atoms with Crippen molar-refractivity contribution in [1.29, 1.82) is 0 Å². The zero-order valence-electron chi connectivity index (χ0n) is 15.1. The van der Waals surface area contributed by atoms with Crippen molar-refractivity contribution in [3.63, 3.8) is 0 Å². The molecular weight excluding hydrogens is 346 g/mol. The largest absolute Gasteiger partial charge is 0.474 e. The molecule has 0 radical (unpaired) electrons. The molecule has 1 aromatic heterocycles. The predicted molar refractivity (Wildman–Crippen MR) is 101 cm³/mol. The van der Waals surface area contributed by atoms with E-state index in [1.165, 1.54) is 4.68 Å². The van der Waals surface area contributed by atoms with Crippen LogP contribution in [0.3, 0.4) is 0 Å². The monoisotopic (exact) mass is 367 g/mol. The fourth-order valence-corrected chi connectivity index (χ4v) is 2.26. The normalized spacial score (nSPS) is 11.1. The van der Waals surface area contributed by atoms with E-state index in [-0.39, 0.29) is 12.5 Å². The van der Waals surface area contributed by atoms with Gasteiger partial charge in [-0.1, -0.05) is 36.4 Å². The molecule has 1 heterocycles. The van der Waals surface area contributed by atoms with Crippen LogP contribution in [-0.4, -0.2) is 33.2 Å². The molecule has 0 saturated carbocycles. The molecule has 0 spiro atoms. The van der Waals surface area contributed by atoms with Crippen LogP contribution in [0.25, 0.3) is 5.69 Å². The minimum absolute atomic E-state index is 0.0622. The first-order valence-corrected chi connectivity index (χ1v) is 8.45. The van der Waals surface area contributed by atoms with Crippen molar-refractivity contribution in [1.82, 2.24) is 9.78 Å². The molecule has 0 aliphatic carbocycles. The summed E-state index contributed by atoms with van der Waals surface area (Å²) in [6.45, 7) is 3.34. The number of ether oxygens (including phenoxy) is 2. The Labute approximate surface area is 157 Å². The van der Waals surface area contributed by atoms with Crippen LogP contribution < -0.4 is 14.8 Å². The number of anilines is 1. The molecule has 3 aromatic rings. The van der Waals surface area contributed by atoms with E-state index in [0.717, 1.165) is 5.69 Å². The zero-order chi connectivity index (χ0) is 19.3. The summed E-state index contributed by atoms with van der Waals surface area (Å²) in [5.74, 6) is 1.09. The van der Waals surface area contributed by atoms with Crippen LogP contribution in [0.4, 0.5) is 10.6 Å². The van der Waals surface area contributed by atoms with Gasteiger partial charge in [-0.05, 0) is 38.1 Å². The Morgan fingerprint density at radius 1 is 1.11 bits per heavy atom. The molecule has 27 heavy (non-hydrogen) atoms. The van der Waals surface area contributed by atoms with E-state index in [0.29, 0.717) is 11.6 Å². The quantitative estimate of drug-likeness (QED) is 0.695. The molecule has 0 unspecified atom stereocenters. The SMILES string of the molecule is CC(C)(O)COc1cc(NC(=O)Oc2ccccc2)n(-c2ccccc2)n1. The van der Waals surface area contributed by atoms with Crippen LogP contribution in [-0.2, 0) is 0 Å². The van der Waals surface area contributed by atoms with Crippen molar-refractivity contribution < 1.29 is 19.4 Å². The Kier molecular flexibility index (Phi) is 5.42. The number of aromatic nitrogens is 2. The summed E-state index contributed by atoms with van der Waals surface area (Å²) >= 11 is 0. The van der Waals surface area contributed by atoms with Gasteiger partial charge in [0.2, 0.25) is 5.88 Å². The molecule has 0 fully saturated rings. The summed E-state index contributed by atoms with van der Waals surface area (Å²) in [6, 6.07) is 19.6. The molecule has 7 nitrogen and oxygen atoms in total. The van der Waals surface area contributed by atoms with Crippen molar-refractivity contribution in [2.75, 3.05) is 11.9 Å². The average molecular weight is 367 g/mol. The zero-order valence-corrected chi connectivity index (χ0v) is 15.1. The number of nitrogens with zero attached hydrogens (tertiary/aromatic N) is 2. The number of amides is 1. The maximum absolute atomic E-state index is 12.2. The Bertz CT molecular complexity index is 887. The Hall–Kier alpha value is -3.32. The molecule has 0 aliphatic heterocycles. The van der Waals surface area contributed by atoms with Gasteiger partial charge >= 0.3 is 6.09 Å². The summed E-state index contributed by atoms with van der Waals surface area (Å²) in [5.41, 5.74) is -0.262. The molecule has 0 atom stereocenters. The number of rotatable bonds is 6. The van der Waals surface area contributed by atoms with Gasteiger partial charge < -0.3 is 14.6 Å². The van der Waals surface area contributed by atoms with Crippen molar-refractivity contribution in [2.45, 2.75) is 19.4 Å². The van der Waals surface area contributed by atoms with E-state index in [1.54, 1.807) is 44.2 Å². The van der Waals surface area contributed by atoms with Gasteiger partial charge in [-0.25, -0.2) is 9.48 Å². The van der Waals surface area contributed by atoms with Gasteiger partial charge in [0.05, 0.1) is 11.3 Å². The molecule has 2 aromatic carbocycles. The van der Waals surface area contributed by atoms with E-state index in [2.05, 4.69) is 10.4 Å². The van der Waals surface area contributed by atoms with Crippen molar-refractivity contribution in [2.24, 2.45) is 0 Å². The minimum Gasteiger partial charge on any atom is -0.474 e. The molecule has 1 amide bonds. The van der Waals surface area contributed by atoms with Gasteiger partial charge in [-0.15, -0.1) is 5.10 Å². The van der Waals surface area contributed by atoms with E-state index >= 15 is 0 Å². The second-order valence-corrected chi connectivity index (χ2v) is 6.54. The minimum atomic E-state index is -1.00. The highest BCUT2D eigenvalue weighted by Gasteiger charge is 2.18. The predicted octanol–water partition coefficient (Wildman–Crippen LogP) is 3.63. The second kappa shape index (κ2) is 7.92. The number of para-hydroxylation sites is 2. The highest BCUT2D eigenvalue weighted by molar-refractivity contribution is 5.85.